The summed E-state index contributed by atoms with van der Waals surface area (Å²) in [6.07, 6.45) is 9.51. The van der Waals surface area contributed by atoms with E-state index in [1.165, 1.54) is 6.07 Å². The Balaban J connectivity index is 1.71. The van der Waals surface area contributed by atoms with Crippen molar-refractivity contribution in [1.82, 2.24) is 4.98 Å². The Morgan fingerprint density at radius 2 is 2.03 bits per heavy atom. The number of aryl methyl sites for hydroxylation is 2. The minimum atomic E-state index is -0.520. The van der Waals surface area contributed by atoms with E-state index in [2.05, 4.69) is 23.2 Å². The first kappa shape index (κ1) is 22.3. The Kier molecular flexibility index (Phi) is 6.18. The Labute approximate surface area is 189 Å². The van der Waals surface area contributed by atoms with E-state index in [1.807, 2.05) is 40.0 Å². The largest absolute Gasteiger partial charge is 0.460 e. The third kappa shape index (κ3) is 5.26. The van der Waals surface area contributed by atoms with Gasteiger partial charge in [0.1, 0.15) is 11.4 Å². The van der Waals surface area contributed by atoms with Crippen LogP contribution in [0.25, 0.3) is 5.57 Å². The van der Waals surface area contributed by atoms with Crippen molar-refractivity contribution in [2.24, 2.45) is 5.92 Å². The lowest BCUT2D eigenvalue weighted by Crippen LogP contribution is -2.25. The van der Waals surface area contributed by atoms with Gasteiger partial charge in [-0.15, -0.1) is 0 Å². The Hall–Kier alpha value is -2.95. The van der Waals surface area contributed by atoms with Gasteiger partial charge in [-0.05, 0) is 100 Å². The molecule has 1 atom stereocenters. The van der Waals surface area contributed by atoms with E-state index in [1.54, 1.807) is 6.07 Å². The smallest absolute Gasteiger partial charge is 0.306 e. The zero-order valence-electron chi connectivity index (χ0n) is 19.2. The molecular formula is C27H30FNO3. The number of halogens is 1. The number of carbonyl (C=O) groups excluding carboxylic acids is 1. The average Bonchev–Trinajstić information content (AvgIpc) is 2.99. The van der Waals surface area contributed by atoms with Crippen LogP contribution in [-0.2, 0) is 22.4 Å². The molecule has 0 N–H and O–H groups in total. The zero-order chi connectivity index (χ0) is 22.9. The summed E-state index contributed by atoms with van der Waals surface area (Å²) in [5, 5.41) is 0. The molecular weight excluding hydrogens is 405 g/mol. The van der Waals surface area contributed by atoms with Gasteiger partial charge >= 0.3 is 5.97 Å². The van der Waals surface area contributed by atoms with Crippen LogP contribution in [0.1, 0.15) is 69.2 Å². The lowest BCUT2D eigenvalue weighted by molar-refractivity contribution is -0.155. The fourth-order valence-corrected chi connectivity index (χ4v) is 4.33. The van der Waals surface area contributed by atoms with Crippen molar-refractivity contribution in [2.45, 2.75) is 65.4 Å². The number of rotatable bonds is 3. The minimum Gasteiger partial charge on any atom is -0.460 e. The number of allylic oxidation sites excluding steroid dienone is 3. The fraction of sp³-hybridized carbons (Fsp3) is 0.407. The number of fused-ring (bicyclic) bond motifs is 2. The third-order valence-corrected chi connectivity index (χ3v) is 5.73. The second kappa shape index (κ2) is 8.89. The Morgan fingerprint density at radius 3 is 2.81 bits per heavy atom. The molecule has 4 rings (SSSR count). The lowest BCUT2D eigenvalue weighted by atomic mass is 9.92. The number of carbonyl (C=O) groups is 1. The summed E-state index contributed by atoms with van der Waals surface area (Å²) < 4.78 is 25.4. The molecule has 5 heteroatoms. The van der Waals surface area contributed by atoms with E-state index in [9.17, 15) is 9.18 Å². The van der Waals surface area contributed by atoms with Crippen LogP contribution in [0.3, 0.4) is 0 Å². The maximum Gasteiger partial charge on any atom is 0.306 e. The average molecular weight is 436 g/mol. The van der Waals surface area contributed by atoms with E-state index in [-0.39, 0.29) is 17.7 Å². The van der Waals surface area contributed by atoms with Crippen molar-refractivity contribution in [3.8, 4) is 5.88 Å². The van der Waals surface area contributed by atoms with E-state index < -0.39 is 5.60 Å². The normalized spacial score (nSPS) is 18.2. The van der Waals surface area contributed by atoms with Gasteiger partial charge in [-0.1, -0.05) is 12.1 Å². The number of esters is 1. The first-order valence-corrected chi connectivity index (χ1v) is 11.2. The fourth-order valence-electron chi connectivity index (χ4n) is 4.33. The summed E-state index contributed by atoms with van der Waals surface area (Å²) in [6, 6.07) is 7.05. The number of hydrogen-bond acceptors (Lipinski definition) is 4. The van der Waals surface area contributed by atoms with Crippen LogP contribution in [0.5, 0.6) is 5.88 Å². The number of pyridine rings is 1. The van der Waals surface area contributed by atoms with Crippen molar-refractivity contribution in [2.75, 3.05) is 0 Å². The predicted octanol–water partition coefficient (Wildman–Crippen LogP) is 6.18. The number of hydrogen-bond donors (Lipinski definition) is 0. The lowest BCUT2D eigenvalue weighted by Gasteiger charge is -2.21. The van der Waals surface area contributed by atoms with Crippen LogP contribution in [0.2, 0.25) is 0 Å². The Bertz CT molecular complexity index is 1090. The maximum absolute atomic E-state index is 14.0. The van der Waals surface area contributed by atoms with Crippen LogP contribution in [0, 0.1) is 11.7 Å². The molecule has 168 valence electrons. The quantitative estimate of drug-likeness (QED) is 0.541. The van der Waals surface area contributed by atoms with Crippen LogP contribution in [0.4, 0.5) is 4.39 Å². The second-order valence-electron chi connectivity index (χ2n) is 9.61. The minimum absolute atomic E-state index is 0.00529. The van der Waals surface area contributed by atoms with E-state index in [4.69, 9.17) is 9.47 Å². The van der Waals surface area contributed by atoms with Crippen LogP contribution in [-0.4, -0.2) is 16.6 Å². The third-order valence-electron chi connectivity index (χ3n) is 5.73. The van der Waals surface area contributed by atoms with Gasteiger partial charge in [-0.3, -0.25) is 4.79 Å². The number of nitrogens with zero attached hydrogens (tertiary/aromatic N) is 1. The summed E-state index contributed by atoms with van der Waals surface area (Å²) in [5.74, 6) is 1.03. The van der Waals surface area contributed by atoms with Gasteiger partial charge in [0.15, 0.2) is 0 Å². The van der Waals surface area contributed by atoms with Gasteiger partial charge in [0.2, 0.25) is 5.88 Å². The topological polar surface area (TPSA) is 48.4 Å². The Morgan fingerprint density at radius 1 is 1.22 bits per heavy atom. The SMILES string of the molecule is CC1=CCCc2cc(C3=CC(CC(=O)OC(C)(C)C)CCc4cc(F)ccc43)cnc2O1. The molecule has 0 amide bonds. The van der Waals surface area contributed by atoms with Gasteiger partial charge < -0.3 is 9.47 Å². The highest BCUT2D eigenvalue weighted by Crippen LogP contribution is 2.36. The van der Waals surface area contributed by atoms with Crippen molar-refractivity contribution in [3.05, 3.63) is 76.4 Å². The molecule has 4 nitrogen and oxygen atoms in total. The number of aromatic nitrogens is 1. The van der Waals surface area contributed by atoms with E-state index in [0.717, 1.165) is 52.8 Å². The van der Waals surface area contributed by atoms with Crippen LogP contribution >= 0.6 is 0 Å². The summed E-state index contributed by atoms with van der Waals surface area (Å²) in [5.41, 5.74) is 4.41. The second-order valence-corrected chi connectivity index (χ2v) is 9.61. The molecule has 0 saturated carbocycles. The highest BCUT2D eigenvalue weighted by molar-refractivity contribution is 5.83. The molecule has 1 unspecified atom stereocenters. The molecule has 1 aromatic heterocycles. The van der Waals surface area contributed by atoms with Crippen LogP contribution < -0.4 is 4.74 Å². The maximum atomic E-state index is 14.0. The van der Waals surface area contributed by atoms with E-state index >= 15 is 0 Å². The molecule has 2 aliphatic rings. The first-order chi connectivity index (χ1) is 15.2. The molecule has 0 spiro atoms. The van der Waals surface area contributed by atoms with Crippen molar-refractivity contribution in [1.29, 1.82) is 0 Å². The van der Waals surface area contributed by atoms with Crippen molar-refractivity contribution >= 4 is 11.5 Å². The van der Waals surface area contributed by atoms with Crippen molar-refractivity contribution in [3.63, 3.8) is 0 Å². The molecule has 0 radical (unpaired) electrons. The molecule has 2 aromatic rings. The molecule has 0 saturated heterocycles. The number of benzene rings is 1. The highest BCUT2D eigenvalue weighted by Gasteiger charge is 2.24. The molecule has 1 aromatic carbocycles. The first-order valence-electron chi connectivity index (χ1n) is 11.2. The standard InChI is InChI=1S/C27H30FNO3/c1-17-6-5-7-20-14-21(16-29-26(20)31-17)24-12-18(13-25(30)32-27(2,3)4)8-9-19-15-22(28)10-11-23(19)24/h6,10-12,14-16,18H,5,7-9,13H2,1-4H3. The van der Waals surface area contributed by atoms with Crippen LogP contribution in [0.15, 0.2) is 48.4 Å². The van der Waals surface area contributed by atoms with Crippen molar-refractivity contribution < 1.29 is 18.7 Å². The molecule has 0 bridgehead atoms. The molecule has 32 heavy (non-hydrogen) atoms. The molecule has 0 fully saturated rings. The zero-order valence-corrected chi connectivity index (χ0v) is 19.2. The van der Waals surface area contributed by atoms with Gasteiger partial charge in [-0.25, -0.2) is 9.37 Å². The number of ether oxygens (including phenoxy) is 2. The summed E-state index contributed by atoms with van der Waals surface area (Å²) in [6.45, 7) is 7.55. The highest BCUT2D eigenvalue weighted by atomic mass is 19.1. The molecule has 2 heterocycles. The van der Waals surface area contributed by atoms with Gasteiger partial charge in [-0.2, -0.15) is 0 Å². The van der Waals surface area contributed by atoms with Gasteiger partial charge in [0, 0.05) is 17.3 Å². The van der Waals surface area contributed by atoms with E-state index in [0.29, 0.717) is 18.7 Å². The molecule has 1 aliphatic carbocycles. The van der Waals surface area contributed by atoms with Gasteiger partial charge in [0.05, 0.1) is 12.2 Å². The summed E-state index contributed by atoms with van der Waals surface area (Å²) >= 11 is 0. The molecule has 1 aliphatic heterocycles. The predicted molar refractivity (Wildman–Crippen MR) is 123 cm³/mol. The summed E-state index contributed by atoms with van der Waals surface area (Å²) in [7, 11) is 0. The van der Waals surface area contributed by atoms with Gasteiger partial charge in [0.25, 0.3) is 0 Å². The summed E-state index contributed by atoms with van der Waals surface area (Å²) in [4.78, 5) is 17.1. The monoisotopic (exact) mass is 435 g/mol.